The minimum Gasteiger partial charge on any atom is -0.360 e. The number of carbonyl (C=O) groups is 2. The molecule has 0 unspecified atom stereocenters. The van der Waals surface area contributed by atoms with Crippen LogP contribution in [0.1, 0.15) is 23.5 Å². The van der Waals surface area contributed by atoms with Crippen molar-refractivity contribution in [3.8, 4) is 0 Å². The fraction of sp³-hybridized carbons (Fsp3) is 0.357. The molecule has 2 aromatic rings. The highest BCUT2D eigenvalue weighted by Gasteiger charge is 2.36. The highest BCUT2D eigenvalue weighted by Crippen LogP contribution is 2.24. The predicted molar refractivity (Wildman–Crippen MR) is 77.8 cm³/mol. The van der Waals surface area contributed by atoms with Crippen LogP contribution < -0.4 is 5.32 Å². The Bertz CT molecular complexity index is 650. The van der Waals surface area contributed by atoms with Gasteiger partial charge in [-0.1, -0.05) is 11.2 Å². The first-order valence-electron chi connectivity index (χ1n) is 6.69. The molecule has 2 amide bonds. The van der Waals surface area contributed by atoms with Gasteiger partial charge in [-0.05, 0) is 24.8 Å². The van der Waals surface area contributed by atoms with Gasteiger partial charge < -0.3 is 14.7 Å². The molecule has 0 bridgehead atoms. The summed E-state index contributed by atoms with van der Waals surface area (Å²) in [4.78, 5) is 27.0. The van der Waals surface area contributed by atoms with E-state index in [4.69, 9.17) is 4.52 Å². The van der Waals surface area contributed by atoms with Gasteiger partial charge in [-0.15, -0.1) is 11.3 Å². The van der Waals surface area contributed by atoms with Crippen molar-refractivity contribution in [1.29, 1.82) is 0 Å². The van der Waals surface area contributed by atoms with Crippen LogP contribution in [-0.2, 0) is 16.1 Å². The van der Waals surface area contributed by atoms with E-state index in [2.05, 4.69) is 10.5 Å². The van der Waals surface area contributed by atoms with E-state index in [1.54, 1.807) is 29.2 Å². The van der Waals surface area contributed by atoms with Crippen LogP contribution in [0, 0.1) is 6.92 Å². The van der Waals surface area contributed by atoms with E-state index in [0.717, 1.165) is 4.88 Å². The Kier molecular flexibility index (Phi) is 3.74. The molecule has 7 heteroatoms. The van der Waals surface area contributed by atoms with Gasteiger partial charge in [0.05, 0.1) is 6.54 Å². The summed E-state index contributed by atoms with van der Waals surface area (Å²) in [7, 11) is 0. The number of amides is 2. The highest BCUT2D eigenvalue weighted by molar-refractivity contribution is 7.09. The smallest absolute Gasteiger partial charge is 0.248 e. The maximum atomic E-state index is 12.3. The molecular formula is C14H15N3O3S. The van der Waals surface area contributed by atoms with Gasteiger partial charge in [-0.25, -0.2) is 0 Å². The zero-order chi connectivity index (χ0) is 14.8. The molecule has 0 saturated carbocycles. The SMILES string of the molecule is Cc1cc(NC(=O)[C@@H]2CCC(=O)N2Cc2cccs2)no1. The van der Waals surface area contributed by atoms with Crippen molar-refractivity contribution in [3.05, 3.63) is 34.2 Å². The van der Waals surface area contributed by atoms with Crippen LogP contribution in [0.25, 0.3) is 0 Å². The van der Waals surface area contributed by atoms with Crippen LogP contribution >= 0.6 is 11.3 Å². The summed E-state index contributed by atoms with van der Waals surface area (Å²) in [6, 6.07) is 5.11. The van der Waals surface area contributed by atoms with Crippen LogP contribution in [0.2, 0.25) is 0 Å². The fourth-order valence-electron chi connectivity index (χ4n) is 2.41. The highest BCUT2D eigenvalue weighted by atomic mass is 32.1. The quantitative estimate of drug-likeness (QED) is 0.939. The second-order valence-electron chi connectivity index (χ2n) is 4.97. The molecule has 1 fully saturated rings. The van der Waals surface area contributed by atoms with E-state index >= 15 is 0 Å². The molecule has 1 aliphatic heterocycles. The molecule has 0 aliphatic carbocycles. The van der Waals surface area contributed by atoms with Gasteiger partial charge in [0.1, 0.15) is 11.8 Å². The number of rotatable bonds is 4. The zero-order valence-electron chi connectivity index (χ0n) is 11.5. The number of carbonyl (C=O) groups excluding carboxylic acids is 2. The molecule has 21 heavy (non-hydrogen) atoms. The average Bonchev–Trinajstić information content (AvgIpc) is 3.15. The third-order valence-corrected chi connectivity index (χ3v) is 4.28. The van der Waals surface area contributed by atoms with Gasteiger partial charge in [0.25, 0.3) is 0 Å². The number of aromatic nitrogens is 1. The van der Waals surface area contributed by atoms with Crippen molar-refractivity contribution in [2.75, 3.05) is 5.32 Å². The Balaban J connectivity index is 1.70. The minimum atomic E-state index is -0.448. The van der Waals surface area contributed by atoms with E-state index in [-0.39, 0.29) is 11.8 Å². The molecule has 6 nitrogen and oxygen atoms in total. The number of thiophene rings is 1. The van der Waals surface area contributed by atoms with Crippen LogP contribution in [0.5, 0.6) is 0 Å². The number of likely N-dealkylation sites (tertiary alicyclic amines) is 1. The molecule has 1 N–H and O–H groups in total. The molecule has 3 heterocycles. The van der Waals surface area contributed by atoms with Crippen molar-refractivity contribution in [3.63, 3.8) is 0 Å². The summed E-state index contributed by atoms with van der Waals surface area (Å²) in [5.41, 5.74) is 0. The fourth-order valence-corrected chi connectivity index (χ4v) is 3.11. The van der Waals surface area contributed by atoms with Crippen molar-refractivity contribution in [1.82, 2.24) is 10.1 Å². The summed E-state index contributed by atoms with van der Waals surface area (Å²) in [6.45, 7) is 2.23. The second kappa shape index (κ2) is 5.69. The lowest BCUT2D eigenvalue weighted by atomic mass is 10.2. The molecule has 0 radical (unpaired) electrons. The Hall–Kier alpha value is -2.15. The average molecular weight is 305 g/mol. The first kappa shape index (κ1) is 13.8. The topological polar surface area (TPSA) is 75.4 Å². The number of aryl methyl sites for hydroxylation is 1. The normalized spacial score (nSPS) is 18.2. The molecule has 0 aromatic carbocycles. The third-order valence-electron chi connectivity index (χ3n) is 3.42. The third kappa shape index (κ3) is 2.97. The Morgan fingerprint density at radius 3 is 3.14 bits per heavy atom. The molecule has 3 rings (SSSR count). The summed E-state index contributed by atoms with van der Waals surface area (Å²) in [5.74, 6) is 0.807. The van der Waals surface area contributed by atoms with Gasteiger partial charge in [0.2, 0.25) is 11.8 Å². The van der Waals surface area contributed by atoms with Crippen LogP contribution in [0.4, 0.5) is 5.82 Å². The van der Waals surface area contributed by atoms with E-state index < -0.39 is 6.04 Å². The van der Waals surface area contributed by atoms with Gasteiger partial charge in [0.15, 0.2) is 5.82 Å². The molecule has 2 aromatic heterocycles. The number of hydrogen-bond acceptors (Lipinski definition) is 5. The maximum Gasteiger partial charge on any atom is 0.248 e. The Labute approximate surface area is 125 Å². The minimum absolute atomic E-state index is 0.0138. The first-order chi connectivity index (χ1) is 10.1. The Morgan fingerprint density at radius 1 is 1.62 bits per heavy atom. The van der Waals surface area contributed by atoms with E-state index in [1.807, 2.05) is 17.5 Å². The lowest BCUT2D eigenvalue weighted by Gasteiger charge is -2.23. The summed E-state index contributed by atoms with van der Waals surface area (Å²) >= 11 is 1.58. The van der Waals surface area contributed by atoms with E-state index in [0.29, 0.717) is 31.0 Å². The van der Waals surface area contributed by atoms with E-state index in [1.165, 1.54) is 0 Å². The summed E-state index contributed by atoms with van der Waals surface area (Å²) in [6.07, 6.45) is 0.939. The zero-order valence-corrected chi connectivity index (χ0v) is 12.4. The van der Waals surface area contributed by atoms with Crippen molar-refractivity contribution >= 4 is 29.0 Å². The van der Waals surface area contributed by atoms with Crippen molar-refractivity contribution < 1.29 is 14.1 Å². The van der Waals surface area contributed by atoms with E-state index in [9.17, 15) is 9.59 Å². The maximum absolute atomic E-state index is 12.3. The number of nitrogens with one attached hydrogen (secondary N) is 1. The first-order valence-corrected chi connectivity index (χ1v) is 7.57. The predicted octanol–water partition coefficient (Wildman–Crippen LogP) is 2.17. The molecule has 110 valence electrons. The lowest BCUT2D eigenvalue weighted by Crippen LogP contribution is -2.41. The van der Waals surface area contributed by atoms with Gasteiger partial charge in [-0.2, -0.15) is 0 Å². The van der Waals surface area contributed by atoms with Gasteiger partial charge >= 0.3 is 0 Å². The van der Waals surface area contributed by atoms with Crippen molar-refractivity contribution in [2.24, 2.45) is 0 Å². The Morgan fingerprint density at radius 2 is 2.48 bits per heavy atom. The number of anilines is 1. The van der Waals surface area contributed by atoms with Crippen LogP contribution in [0.3, 0.4) is 0 Å². The molecule has 1 atom stereocenters. The van der Waals surface area contributed by atoms with Gasteiger partial charge in [0, 0.05) is 17.4 Å². The summed E-state index contributed by atoms with van der Waals surface area (Å²) in [5, 5.41) is 8.40. The second-order valence-corrected chi connectivity index (χ2v) is 6.00. The standard InChI is InChI=1S/C14H15N3O3S/c1-9-7-12(16-20-9)15-14(19)11-4-5-13(18)17(11)8-10-3-2-6-21-10/h2-3,6-7,11H,4-5,8H2,1H3,(H,15,16,19)/t11-/m0/s1. The summed E-state index contributed by atoms with van der Waals surface area (Å²) < 4.78 is 4.92. The van der Waals surface area contributed by atoms with Crippen molar-refractivity contribution in [2.45, 2.75) is 32.4 Å². The molecule has 1 saturated heterocycles. The monoisotopic (exact) mass is 305 g/mol. The number of hydrogen-bond donors (Lipinski definition) is 1. The molecule has 0 spiro atoms. The molecular weight excluding hydrogens is 290 g/mol. The lowest BCUT2D eigenvalue weighted by molar-refractivity contribution is -0.133. The van der Waals surface area contributed by atoms with Crippen LogP contribution in [0.15, 0.2) is 28.1 Å². The van der Waals surface area contributed by atoms with Crippen LogP contribution in [-0.4, -0.2) is 27.9 Å². The number of nitrogens with zero attached hydrogens (tertiary/aromatic N) is 2. The molecule has 1 aliphatic rings. The van der Waals surface area contributed by atoms with Gasteiger partial charge in [-0.3, -0.25) is 9.59 Å². The largest absolute Gasteiger partial charge is 0.360 e.